The van der Waals surface area contributed by atoms with Gasteiger partial charge in [-0.05, 0) is 25.0 Å². The van der Waals surface area contributed by atoms with Crippen LogP contribution in [0.3, 0.4) is 0 Å². The van der Waals surface area contributed by atoms with Crippen LogP contribution in [-0.2, 0) is 4.79 Å². The minimum Gasteiger partial charge on any atom is -0.475 e. The van der Waals surface area contributed by atoms with Crippen LogP contribution < -0.4 is 15.8 Å². The van der Waals surface area contributed by atoms with E-state index in [1.165, 1.54) is 0 Å². The zero-order valence-electron chi connectivity index (χ0n) is 12.2. The van der Waals surface area contributed by atoms with Crippen LogP contribution >= 0.6 is 36.4 Å². The van der Waals surface area contributed by atoms with E-state index in [4.69, 9.17) is 22.1 Å². The Hall–Kier alpha value is -0.750. The molecule has 8 heteroatoms. The first kappa shape index (κ1) is 21.2. The highest BCUT2D eigenvalue weighted by Gasteiger charge is 2.34. The number of nitrogens with zero attached hydrogens (tertiary/aromatic N) is 1. The van der Waals surface area contributed by atoms with Crippen LogP contribution in [0.4, 0.5) is 0 Å². The number of hydrogen-bond acceptors (Lipinski definition) is 4. The van der Waals surface area contributed by atoms with Gasteiger partial charge in [-0.25, -0.2) is 4.98 Å². The molecular formula is C14H22Cl3N3O2. The van der Waals surface area contributed by atoms with Gasteiger partial charge in [0, 0.05) is 6.20 Å². The van der Waals surface area contributed by atoms with E-state index in [1.807, 2.05) is 0 Å². The molecule has 0 atom stereocenters. The summed E-state index contributed by atoms with van der Waals surface area (Å²) in [6, 6.07) is 3.44. The Bertz CT molecular complexity index is 468. The lowest BCUT2D eigenvalue weighted by molar-refractivity contribution is -0.127. The van der Waals surface area contributed by atoms with Gasteiger partial charge in [-0.15, -0.1) is 24.8 Å². The Balaban J connectivity index is 0.00000220. The molecule has 0 saturated heterocycles. The summed E-state index contributed by atoms with van der Waals surface area (Å²) in [6.45, 7) is 0.712. The lowest BCUT2D eigenvalue weighted by Crippen LogP contribution is -2.55. The Morgan fingerprint density at radius 2 is 2.05 bits per heavy atom. The number of nitrogens with two attached hydrogens (primary N) is 1. The first-order chi connectivity index (χ1) is 9.62. The van der Waals surface area contributed by atoms with E-state index >= 15 is 0 Å². The Morgan fingerprint density at radius 3 is 2.68 bits per heavy atom. The van der Waals surface area contributed by atoms with Gasteiger partial charge in [0.2, 0.25) is 11.8 Å². The zero-order valence-corrected chi connectivity index (χ0v) is 14.6. The largest absolute Gasteiger partial charge is 0.475 e. The molecule has 1 aliphatic carbocycles. The summed E-state index contributed by atoms with van der Waals surface area (Å²) >= 11 is 5.91. The molecule has 1 aromatic rings. The second-order valence-electron chi connectivity index (χ2n) is 5.11. The highest BCUT2D eigenvalue weighted by atomic mass is 35.5. The van der Waals surface area contributed by atoms with Gasteiger partial charge in [-0.1, -0.05) is 30.9 Å². The fraction of sp³-hybridized carbons (Fsp3) is 0.571. The summed E-state index contributed by atoms with van der Waals surface area (Å²) < 4.78 is 5.41. The standard InChI is InChI=1S/C14H20ClN3O2.2ClH/c15-11-5-4-8-17-12(11)20-10-9-18-13(19)14(16)6-2-1-3-7-14;;/h4-5,8H,1-3,6-7,9-10,16H2,(H,18,19);2*1H. The molecule has 0 unspecified atom stereocenters. The lowest BCUT2D eigenvalue weighted by Gasteiger charge is -2.31. The van der Waals surface area contributed by atoms with Crippen LogP contribution in [0, 0.1) is 0 Å². The average molecular weight is 371 g/mol. The van der Waals surface area contributed by atoms with E-state index in [9.17, 15) is 4.79 Å². The van der Waals surface area contributed by atoms with Gasteiger partial charge in [0.15, 0.2) is 0 Å². The number of pyridine rings is 1. The van der Waals surface area contributed by atoms with Crippen molar-refractivity contribution < 1.29 is 9.53 Å². The summed E-state index contributed by atoms with van der Waals surface area (Å²) in [5.74, 6) is 0.288. The van der Waals surface area contributed by atoms with E-state index < -0.39 is 5.54 Å². The van der Waals surface area contributed by atoms with Crippen LogP contribution in [0.15, 0.2) is 18.3 Å². The van der Waals surface area contributed by atoms with Crippen molar-refractivity contribution in [1.29, 1.82) is 0 Å². The smallest absolute Gasteiger partial charge is 0.240 e. The van der Waals surface area contributed by atoms with Crippen molar-refractivity contribution in [3.8, 4) is 5.88 Å². The molecule has 1 saturated carbocycles. The van der Waals surface area contributed by atoms with Gasteiger partial charge in [0.1, 0.15) is 11.6 Å². The SMILES string of the molecule is Cl.Cl.NC1(C(=O)NCCOc2ncccc2Cl)CCCCC1. The van der Waals surface area contributed by atoms with Crippen LogP contribution in [0.25, 0.3) is 0 Å². The van der Waals surface area contributed by atoms with Crippen molar-refractivity contribution >= 4 is 42.3 Å². The van der Waals surface area contributed by atoms with Crippen molar-refractivity contribution in [2.24, 2.45) is 5.73 Å². The van der Waals surface area contributed by atoms with Gasteiger partial charge in [0.05, 0.1) is 12.1 Å². The number of carbonyl (C=O) groups is 1. The monoisotopic (exact) mass is 369 g/mol. The van der Waals surface area contributed by atoms with Crippen LogP contribution in [0.1, 0.15) is 32.1 Å². The third-order valence-corrected chi connectivity index (χ3v) is 3.84. The van der Waals surface area contributed by atoms with Crippen molar-refractivity contribution in [3.05, 3.63) is 23.4 Å². The quantitative estimate of drug-likeness (QED) is 0.781. The van der Waals surface area contributed by atoms with Crippen molar-refractivity contribution in [1.82, 2.24) is 10.3 Å². The number of rotatable bonds is 5. The molecule has 3 N–H and O–H groups in total. The Kier molecular flexibility index (Phi) is 9.76. The number of halogens is 3. The molecular weight excluding hydrogens is 349 g/mol. The maximum atomic E-state index is 12.1. The van der Waals surface area contributed by atoms with E-state index in [1.54, 1.807) is 18.3 Å². The molecule has 5 nitrogen and oxygen atoms in total. The summed E-state index contributed by atoms with van der Waals surface area (Å²) in [5, 5.41) is 3.28. The molecule has 1 aliphatic rings. The number of hydrogen-bond donors (Lipinski definition) is 2. The lowest BCUT2D eigenvalue weighted by atomic mass is 9.82. The number of aromatic nitrogens is 1. The minimum atomic E-state index is -0.707. The molecule has 1 fully saturated rings. The first-order valence-electron chi connectivity index (χ1n) is 6.92. The fourth-order valence-corrected chi connectivity index (χ4v) is 2.55. The van der Waals surface area contributed by atoms with Crippen molar-refractivity contribution in [3.63, 3.8) is 0 Å². The summed E-state index contributed by atoms with van der Waals surface area (Å²) in [5.41, 5.74) is 5.43. The maximum absolute atomic E-state index is 12.1. The van der Waals surface area contributed by atoms with Gasteiger partial charge in [0.25, 0.3) is 0 Å². The van der Waals surface area contributed by atoms with Crippen molar-refractivity contribution in [2.75, 3.05) is 13.2 Å². The van der Waals surface area contributed by atoms with E-state index in [-0.39, 0.29) is 30.7 Å². The number of amides is 1. The van der Waals surface area contributed by atoms with Gasteiger partial charge in [-0.2, -0.15) is 0 Å². The number of ether oxygens (including phenoxy) is 1. The molecule has 0 radical (unpaired) electrons. The van der Waals surface area contributed by atoms with Gasteiger partial charge >= 0.3 is 0 Å². The second kappa shape index (κ2) is 10.1. The summed E-state index contributed by atoms with van der Waals surface area (Å²) in [7, 11) is 0. The third kappa shape index (κ3) is 5.80. The highest BCUT2D eigenvalue weighted by Crippen LogP contribution is 2.25. The van der Waals surface area contributed by atoms with Gasteiger partial charge < -0.3 is 15.8 Å². The average Bonchev–Trinajstić information content (AvgIpc) is 2.46. The topological polar surface area (TPSA) is 77.2 Å². The molecule has 2 rings (SSSR count). The van der Waals surface area contributed by atoms with E-state index in [0.29, 0.717) is 24.1 Å². The second-order valence-corrected chi connectivity index (χ2v) is 5.52. The minimum absolute atomic E-state index is 0. The Morgan fingerprint density at radius 1 is 1.36 bits per heavy atom. The van der Waals surface area contributed by atoms with Crippen molar-refractivity contribution in [2.45, 2.75) is 37.6 Å². The molecule has 0 aromatic carbocycles. The van der Waals surface area contributed by atoms with E-state index in [2.05, 4.69) is 10.3 Å². The molecule has 1 aromatic heterocycles. The zero-order chi connectivity index (χ0) is 14.4. The summed E-state index contributed by atoms with van der Waals surface area (Å²) in [6.07, 6.45) is 6.32. The third-order valence-electron chi connectivity index (χ3n) is 3.55. The maximum Gasteiger partial charge on any atom is 0.240 e. The normalized spacial score (nSPS) is 15.9. The van der Waals surface area contributed by atoms with Gasteiger partial charge in [-0.3, -0.25) is 4.79 Å². The van der Waals surface area contributed by atoms with Crippen LogP contribution in [0.5, 0.6) is 5.88 Å². The molecule has 0 spiro atoms. The van der Waals surface area contributed by atoms with Crippen LogP contribution in [-0.4, -0.2) is 29.6 Å². The highest BCUT2D eigenvalue weighted by molar-refractivity contribution is 6.31. The molecule has 126 valence electrons. The molecule has 0 bridgehead atoms. The predicted octanol–water partition coefficient (Wildman–Crippen LogP) is 2.74. The molecule has 0 aliphatic heterocycles. The Labute approximate surface area is 148 Å². The number of nitrogens with one attached hydrogen (secondary N) is 1. The first-order valence-corrected chi connectivity index (χ1v) is 7.30. The number of carbonyl (C=O) groups excluding carboxylic acids is 1. The fourth-order valence-electron chi connectivity index (χ4n) is 2.38. The predicted molar refractivity (Wildman–Crippen MR) is 92.3 cm³/mol. The molecule has 1 amide bonds. The van der Waals surface area contributed by atoms with Crippen LogP contribution in [0.2, 0.25) is 5.02 Å². The molecule has 1 heterocycles. The van der Waals surface area contributed by atoms with E-state index in [0.717, 1.165) is 32.1 Å². The summed E-state index contributed by atoms with van der Waals surface area (Å²) in [4.78, 5) is 16.1. The molecule has 22 heavy (non-hydrogen) atoms.